The number of halogens is 1. The molecule has 3 fully saturated rings. The average molecular weight is 570 g/mol. The minimum absolute atomic E-state index is 0.121. The zero-order chi connectivity index (χ0) is 27.0. The molecule has 3 aliphatic rings. The molecule has 3 aromatic rings. The number of thiazole rings is 1. The van der Waals surface area contributed by atoms with E-state index in [-0.39, 0.29) is 23.5 Å². The number of likely N-dealkylation sites (tertiary alicyclic amines) is 1. The molecular formula is C30H36FN3O3S2. The molecule has 9 heteroatoms. The van der Waals surface area contributed by atoms with Crippen molar-refractivity contribution in [2.75, 3.05) is 24.6 Å². The molecule has 39 heavy (non-hydrogen) atoms. The third-order valence-corrected chi connectivity index (χ3v) is 11.4. The molecule has 6 rings (SSSR count). The molecule has 6 nitrogen and oxygen atoms in total. The standard InChI is InChI=1S/C30H36FN3O3S2/c31-22-18-34(19-22)17-21-10-11-26(25-9-5-4-8-24(21)25)28-27(16-20-6-2-1-3-7-20)33-30(38-28)29(35)32-23-12-14-39(36,37)15-13-23/h4-5,8-11,20,22-23H,1-3,6-7,12-19H2,(H,32,35). The molecule has 1 aromatic heterocycles. The number of rotatable bonds is 7. The van der Waals surface area contributed by atoms with Crippen molar-refractivity contribution >= 4 is 37.9 Å². The van der Waals surface area contributed by atoms with Crippen LogP contribution in [0, 0.1) is 5.92 Å². The van der Waals surface area contributed by atoms with E-state index >= 15 is 0 Å². The maximum absolute atomic E-state index is 13.4. The summed E-state index contributed by atoms with van der Waals surface area (Å²) in [5.41, 5.74) is 3.27. The van der Waals surface area contributed by atoms with Gasteiger partial charge in [-0.15, -0.1) is 11.3 Å². The van der Waals surface area contributed by atoms with Crippen molar-refractivity contribution < 1.29 is 17.6 Å². The number of nitrogens with zero attached hydrogens (tertiary/aromatic N) is 2. The number of aromatic nitrogens is 1. The van der Waals surface area contributed by atoms with Gasteiger partial charge in [-0.2, -0.15) is 0 Å². The van der Waals surface area contributed by atoms with Crippen molar-refractivity contribution in [2.45, 2.75) is 70.1 Å². The van der Waals surface area contributed by atoms with Gasteiger partial charge in [-0.25, -0.2) is 17.8 Å². The highest BCUT2D eigenvalue weighted by Crippen LogP contribution is 2.39. The fourth-order valence-electron chi connectivity index (χ4n) is 6.32. The average Bonchev–Trinajstić information content (AvgIpc) is 3.33. The van der Waals surface area contributed by atoms with Crippen LogP contribution in [0.1, 0.15) is 66.0 Å². The van der Waals surface area contributed by atoms with Crippen molar-refractivity contribution in [3.05, 3.63) is 52.7 Å². The molecule has 0 bridgehead atoms. The van der Waals surface area contributed by atoms with Crippen LogP contribution in [0.15, 0.2) is 36.4 Å². The first-order valence-corrected chi connectivity index (χ1v) is 16.9. The lowest BCUT2D eigenvalue weighted by molar-refractivity contribution is 0.0594. The molecule has 0 unspecified atom stereocenters. The normalized spacial score (nSPS) is 21.2. The number of hydrogen-bond acceptors (Lipinski definition) is 6. The zero-order valence-corrected chi connectivity index (χ0v) is 23.8. The molecular weight excluding hydrogens is 533 g/mol. The van der Waals surface area contributed by atoms with Gasteiger partial charge < -0.3 is 5.32 Å². The van der Waals surface area contributed by atoms with Gasteiger partial charge in [0.15, 0.2) is 5.01 Å². The molecule has 208 valence electrons. The maximum atomic E-state index is 13.4. The van der Waals surface area contributed by atoms with Gasteiger partial charge in [0.2, 0.25) is 0 Å². The summed E-state index contributed by atoms with van der Waals surface area (Å²) >= 11 is 1.45. The third-order valence-electron chi connectivity index (χ3n) is 8.55. The Hall–Kier alpha value is -2.36. The van der Waals surface area contributed by atoms with Crippen LogP contribution in [-0.2, 0) is 22.8 Å². The monoisotopic (exact) mass is 569 g/mol. The SMILES string of the molecule is O=C(NC1CCS(=O)(=O)CC1)c1nc(CC2CCCCC2)c(-c2ccc(CN3CC(F)C3)c3ccccc23)s1. The van der Waals surface area contributed by atoms with E-state index in [1.54, 1.807) is 0 Å². The van der Waals surface area contributed by atoms with Crippen LogP contribution >= 0.6 is 11.3 Å². The number of sulfone groups is 1. The van der Waals surface area contributed by atoms with E-state index in [4.69, 9.17) is 4.98 Å². The Bertz CT molecular complexity index is 1450. The van der Waals surface area contributed by atoms with Gasteiger partial charge >= 0.3 is 0 Å². The van der Waals surface area contributed by atoms with Gasteiger partial charge in [0.1, 0.15) is 16.0 Å². The van der Waals surface area contributed by atoms with Gasteiger partial charge in [0.05, 0.1) is 22.1 Å². The number of fused-ring (bicyclic) bond motifs is 1. The molecule has 0 radical (unpaired) electrons. The Balaban J connectivity index is 1.32. The second kappa shape index (κ2) is 11.3. The van der Waals surface area contributed by atoms with E-state index in [9.17, 15) is 17.6 Å². The second-order valence-electron chi connectivity index (χ2n) is 11.5. The molecule has 2 aliphatic heterocycles. The first-order valence-electron chi connectivity index (χ1n) is 14.2. The van der Waals surface area contributed by atoms with Gasteiger partial charge in [0.25, 0.3) is 5.91 Å². The summed E-state index contributed by atoms with van der Waals surface area (Å²) in [7, 11) is -2.99. The van der Waals surface area contributed by atoms with Crippen LogP contribution in [0.2, 0.25) is 0 Å². The van der Waals surface area contributed by atoms with E-state index in [2.05, 4.69) is 34.5 Å². The fourth-order valence-corrected chi connectivity index (χ4v) is 8.85. The van der Waals surface area contributed by atoms with Crippen LogP contribution in [-0.4, -0.2) is 61.0 Å². The van der Waals surface area contributed by atoms with E-state index in [1.807, 2.05) is 12.1 Å². The summed E-state index contributed by atoms with van der Waals surface area (Å²) in [6.45, 7) is 1.70. The first kappa shape index (κ1) is 26.8. The number of nitrogens with one attached hydrogen (secondary N) is 1. The molecule has 2 aromatic carbocycles. The topological polar surface area (TPSA) is 79.4 Å². The minimum atomic E-state index is -2.99. The number of amides is 1. The highest BCUT2D eigenvalue weighted by molar-refractivity contribution is 7.91. The predicted molar refractivity (Wildman–Crippen MR) is 155 cm³/mol. The van der Waals surface area contributed by atoms with Crippen molar-refractivity contribution in [1.29, 1.82) is 0 Å². The second-order valence-corrected chi connectivity index (χ2v) is 14.8. The zero-order valence-electron chi connectivity index (χ0n) is 22.2. The lowest BCUT2D eigenvalue weighted by Gasteiger charge is -2.34. The van der Waals surface area contributed by atoms with Crippen LogP contribution < -0.4 is 5.32 Å². The minimum Gasteiger partial charge on any atom is -0.347 e. The molecule has 1 N–H and O–H groups in total. The molecule has 3 heterocycles. The predicted octanol–water partition coefficient (Wildman–Crippen LogP) is 5.55. The Morgan fingerprint density at radius 2 is 1.72 bits per heavy atom. The lowest BCUT2D eigenvalue weighted by atomic mass is 9.85. The molecule has 1 saturated carbocycles. The Kier molecular flexibility index (Phi) is 7.75. The van der Waals surface area contributed by atoms with Gasteiger partial charge in [-0.05, 0) is 41.5 Å². The highest BCUT2D eigenvalue weighted by atomic mass is 32.2. The molecule has 1 amide bonds. The summed E-state index contributed by atoms with van der Waals surface area (Å²) in [6.07, 6.45) is 7.21. The fraction of sp³-hybridized carbons (Fsp3) is 0.533. The number of benzene rings is 2. The quantitative estimate of drug-likeness (QED) is 0.404. The molecule has 0 spiro atoms. The van der Waals surface area contributed by atoms with E-state index in [0.717, 1.165) is 39.9 Å². The smallest absolute Gasteiger partial charge is 0.280 e. The summed E-state index contributed by atoms with van der Waals surface area (Å²) in [6, 6.07) is 12.5. The largest absolute Gasteiger partial charge is 0.347 e. The number of carbonyl (C=O) groups excluding carboxylic acids is 1. The molecule has 0 atom stereocenters. The van der Waals surface area contributed by atoms with Crippen LogP contribution in [0.5, 0.6) is 0 Å². The summed E-state index contributed by atoms with van der Waals surface area (Å²) < 4.78 is 37.1. The van der Waals surface area contributed by atoms with Crippen molar-refractivity contribution in [1.82, 2.24) is 15.2 Å². The summed E-state index contributed by atoms with van der Waals surface area (Å²) in [5.74, 6) is 0.607. The van der Waals surface area contributed by atoms with E-state index in [1.165, 1.54) is 49.0 Å². The molecule has 2 saturated heterocycles. The van der Waals surface area contributed by atoms with Gasteiger partial charge in [0, 0.05) is 31.2 Å². The van der Waals surface area contributed by atoms with Crippen molar-refractivity contribution in [3.63, 3.8) is 0 Å². The highest BCUT2D eigenvalue weighted by Gasteiger charge is 2.29. The Morgan fingerprint density at radius 3 is 2.44 bits per heavy atom. The summed E-state index contributed by atoms with van der Waals surface area (Å²) in [4.78, 5) is 21.4. The van der Waals surface area contributed by atoms with Crippen molar-refractivity contribution in [3.8, 4) is 10.4 Å². The number of hydrogen-bond donors (Lipinski definition) is 1. The number of alkyl halides is 1. The lowest BCUT2D eigenvalue weighted by Crippen LogP contribution is -2.47. The van der Waals surface area contributed by atoms with Crippen LogP contribution in [0.4, 0.5) is 4.39 Å². The molecule has 1 aliphatic carbocycles. The van der Waals surface area contributed by atoms with Crippen LogP contribution in [0.3, 0.4) is 0 Å². The first-order chi connectivity index (χ1) is 18.8. The Labute approximate surface area is 233 Å². The summed E-state index contributed by atoms with van der Waals surface area (Å²) in [5, 5.41) is 5.80. The van der Waals surface area contributed by atoms with E-state index < -0.39 is 16.0 Å². The number of carbonyl (C=O) groups is 1. The van der Waals surface area contributed by atoms with Gasteiger partial charge in [-0.3, -0.25) is 9.69 Å². The van der Waals surface area contributed by atoms with Crippen LogP contribution in [0.25, 0.3) is 21.2 Å². The van der Waals surface area contributed by atoms with Gasteiger partial charge in [-0.1, -0.05) is 68.5 Å². The Morgan fingerprint density at radius 1 is 1.00 bits per heavy atom. The van der Waals surface area contributed by atoms with Crippen molar-refractivity contribution in [2.24, 2.45) is 5.92 Å². The third kappa shape index (κ3) is 6.05. The van der Waals surface area contributed by atoms with E-state index in [0.29, 0.717) is 36.9 Å². The maximum Gasteiger partial charge on any atom is 0.280 e.